The van der Waals surface area contributed by atoms with Gasteiger partial charge in [0.2, 0.25) is 5.91 Å². The number of halogens is 2. The zero-order chi connectivity index (χ0) is 30.3. The van der Waals surface area contributed by atoms with Gasteiger partial charge in [-0.1, -0.05) is 23.7 Å². The van der Waals surface area contributed by atoms with Gasteiger partial charge in [-0.25, -0.2) is 9.37 Å². The van der Waals surface area contributed by atoms with Crippen LogP contribution in [-0.2, 0) is 11.3 Å². The molecule has 12 heteroatoms. The molecule has 3 N–H and O–H groups in total. The lowest BCUT2D eigenvalue weighted by Gasteiger charge is -2.32. The van der Waals surface area contributed by atoms with E-state index in [4.69, 9.17) is 11.6 Å². The second-order valence-electron chi connectivity index (χ2n) is 10.6. The Bertz CT molecular complexity index is 1580. The number of amides is 1. The zero-order valence-corrected chi connectivity index (χ0v) is 24.9. The zero-order valence-electron chi connectivity index (χ0n) is 24.1. The highest BCUT2D eigenvalue weighted by Gasteiger charge is 2.18. The van der Waals surface area contributed by atoms with Gasteiger partial charge in [0, 0.05) is 81.3 Å². The minimum absolute atomic E-state index is 0.112. The fourth-order valence-electron chi connectivity index (χ4n) is 4.86. The van der Waals surface area contributed by atoms with Crippen LogP contribution in [0, 0.1) is 5.82 Å². The Balaban J connectivity index is 1.36. The predicted molar refractivity (Wildman–Crippen MR) is 167 cm³/mol. The van der Waals surface area contributed by atoms with E-state index in [2.05, 4.69) is 42.7 Å². The molecule has 0 unspecified atom stereocenters. The van der Waals surface area contributed by atoms with E-state index in [1.54, 1.807) is 42.6 Å². The molecule has 0 radical (unpaired) electrons. The number of aromatic hydroxyl groups is 1. The lowest BCUT2D eigenvalue weighted by atomic mass is 10.1. The summed E-state index contributed by atoms with van der Waals surface area (Å²) in [5.74, 6) is 0.475. The summed E-state index contributed by atoms with van der Waals surface area (Å²) >= 11 is 6.15. The van der Waals surface area contributed by atoms with Crippen molar-refractivity contribution in [2.75, 3.05) is 62.4 Å². The van der Waals surface area contributed by atoms with E-state index in [0.717, 1.165) is 31.7 Å². The minimum atomic E-state index is -0.476. The first-order valence-corrected chi connectivity index (χ1v) is 14.4. The smallest absolute Gasteiger partial charge is 0.226 e. The normalized spacial score (nSPS) is 14.0. The van der Waals surface area contributed by atoms with Crippen LogP contribution in [0.1, 0.15) is 12.0 Å². The van der Waals surface area contributed by atoms with E-state index in [1.807, 2.05) is 18.0 Å². The van der Waals surface area contributed by atoms with Crippen molar-refractivity contribution >= 4 is 40.5 Å². The molecule has 1 saturated heterocycles. The highest BCUT2D eigenvalue weighted by Crippen LogP contribution is 2.33. The molecule has 43 heavy (non-hydrogen) atoms. The Morgan fingerprint density at radius 1 is 1.07 bits per heavy atom. The van der Waals surface area contributed by atoms with E-state index in [1.165, 1.54) is 18.2 Å². The molecule has 1 aliphatic rings. The van der Waals surface area contributed by atoms with Crippen molar-refractivity contribution in [3.05, 3.63) is 83.3 Å². The first-order chi connectivity index (χ1) is 20.7. The summed E-state index contributed by atoms with van der Waals surface area (Å²) < 4.78 is 14.7. The van der Waals surface area contributed by atoms with Gasteiger partial charge < -0.3 is 30.4 Å². The number of hydrogen-bond acceptors (Lipinski definition) is 9. The quantitative estimate of drug-likeness (QED) is 0.230. The van der Waals surface area contributed by atoms with E-state index in [-0.39, 0.29) is 17.2 Å². The SMILES string of the molecule is CN1CCN(CCC(=O)Nc2cc(Nc3cc(-c4cc(Cl)ccc4F)nnc3N(C)Cc3cccc(O)c3)ccn2)CC1. The average Bonchev–Trinajstić information content (AvgIpc) is 2.98. The summed E-state index contributed by atoms with van der Waals surface area (Å²) in [6.07, 6.45) is 1.97. The van der Waals surface area contributed by atoms with Gasteiger partial charge in [-0.3, -0.25) is 4.79 Å². The number of nitrogens with zero attached hydrogens (tertiary/aromatic N) is 6. The largest absolute Gasteiger partial charge is 0.508 e. The van der Waals surface area contributed by atoms with Crippen LogP contribution in [0.3, 0.4) is 0 Å². The number of phenolic OH excluding ortho intramolecular Hbond substituents is 1. The number of rotatable bonds is 10. The van der Waals surface area contributed by atoms with Crippen molar-refractivity contribution in [3.63, 3.8) is 0 Å². The molecule has 1 fully saturated rings. The van der Waals surface area contributed by atoms with Crippen LogP contribution >= 0.6 is 11.6 Å². The molecule has 0 bridgehead atoms. The summed E-state index contributed by atoms with van der Waals surface area (Å²) in [6, 6.07) is 16.4. The number of piperazine rings is 1. The van der Waals surface area contributed by atoms with Crippen LogP contribution in [0.5, 0.6) is 5.75 Å². The third-order valence-electron chi connectivity index (χ3n) is 7.23. The number of pyridine rings is 1. The molecular weight excluding hydrogens is 571 g/mol. The fraction of sp³-hybridized carbons (Fsp3) is 0.290. The third kappa shape index (κ3) is 8.16. The third-order valence-corrected chi connectivity index (χ3v) is 7.46. The molecule has 0 saturated carbocycles. The van der Waals surface area contributed by atoms with Crippen molar-refractivity contribution in [1.29, 1.82) is 0 Å². The van der Waals surface area contributed by atoms with Crippen molar-refractivity contribution in [1.82, 2.24) is 25.0 Å². The number of hydrogen-bond donors (Lipinski definition) is 3. The lowest BCUT2D eigenvalue weighted by molar-refractivity contribution is -0.116. The maximum absolute atomic E-state index is 14.7. The number of benzene rings is 2. The number of carbonyl (C=O) groups excluding carboxylic acids is 1. The van der Waals surface area contributed by atoms with Crippen molar-refractivity contribution in [3.8, 4) is 17.0 Å². The van der Waals surface area contributed by atoms with E-state index in [9.17, 15) is 14.3 Å². The topological polar surface area (TPSA) is 110 Å². The van der Waals surface area contributed by atoms with E-state index in [0.29, 0.717) is 53.2 Å². The molecule has 4 aromatic rings. The Morgan fingerprint density at radius 2 is 1.88 bits per heavy atom. The lowest BCUT2D eigenvalue weighted by Crippen LogP contribution is -2.45. The fourth-order valence-corrected chi connectivity index (χ4v) is 5.03. The number of aromatic nitrogens is 3. The Labute approximate surface area is 255 Å². The summed E-state index contributed by atoms with van der Waals surface area (Å²) in [7, 11) is 3.95. The van der Waals surface area contributed by atoms with E-state index < -0.39 is 5.82 Å². The van der Waals surface area contributed by atoms with Gasteiger partial charge in [0.1, 0.15) is 17.4 Å². The van der Waals surface area contributed by atoms with Gasteiger partial charge in [0.05, 0.1) is 11.4 Å². The van der Waals surface area contributed by atoms with Gasteiger partial charge in [0.25, 0.3) is 0 Å². The second-order valence-corrected chi connectivity index (χ2v) is 11.1. The summed E-state index contributed by atoms with van der Waals surface area (Å²) in [5.41, 5.74) is 2.56. The van der Waals surface area contributed by atoms with Crippen molar-refractivity contribution < 1.29 is 14.3 Å². The molecule has 10 nitrogen and oxygen atoms in total. The summed E-state index contributed by atoms with van der Waals surface area (Å²) in [6.45, 7) is 5.01. The molecule has 0 aliphatic carbocycles. The molecule has 0 atom stereocenters. The van der Waals surface area contributed by atoms with Crippen LogP contribution < -0.4 is 15.5 Å². The number of likely N-dealkylation sites (N-methyl/N-ethyl adjacent to an activating group) is 1. The number of anilines is 4. The number of carbonyl (C=O) groups is 1. The van der Waals surface area contributed by atoms with Crippen LogP contribution in [0.15, 0.2) is 66.9 Å². The highest BCUT2D eigenvalue weighted by molar-refractivity contribution is 6.30. The monoisotopic (exact) mass is 604 g/mol. The highest BCUT2D eigenvalue weighted by atomic mass is 35.5. The Morgan fingerprint density at radius 3 is 2.67 bits per heavy atom. The second kappa shape index (κ2) is 13.8. The first-order valence-electron chi connectivity index (χ1n) is 14.0. The molecule has 0 spiro atoms. The maximum atomic E-state index is 14.7. The van der Waals surface area contributed by atoms with Crippen LogP contribution in [0.25, 0.3) is 11.3 Å². The van der Waals surface area contributed by atoms with Gasteiger partial charge in [-0.15, -0.1) is 10.2 Å². The standard InChI is InChI=1S/C31H34ClFN8O2/c1-39-12-14-41(15-13-39)11-9-30(43)36-29-18-23(8-10-34-29)35-28-19-27(25-17-22(32)6-7-26(25)33)37-38-31(28)40(2)20-21-4-3-5-24(42)16-21/h3-8,10,16-19,42H,9,11-15,20H2,1-2H3,(H2,34,35,36,37,43). The van der Waals surface area contributed by atoms with Crippen LogP contribution in [-0.4, -0.2) is 82.8 Å². The summed E-state index contributed by atoms with van der Waals surface area (Å²) in [4.78, 5) is 23.4. The average molecular weight is 605 g/mol. The summed E-state index contributed by atoms with van der Waals surface area (Å²) in [5, 5.41) is 25.2. The van der Waals surface area contributed by atoms with Gasteiger partial charge in [-0.2, -0.15) is 0 Å². The molecule has 1 aliphatic heterocycles. The molecule has 2 aromatic carbocycles. The van der Waals surface area contributed by atoms with Crippen LogP contribution in [0.2, 0.25) is 5.02 Å². The van der Waals surface area contributed by atoms with Gasteiger partial charge in [0.15, 0.2) is 5.82 Å². The predicted octanol–water partition coefficient (Wildman–Crippen LogP) is 4.99. The molecule has 224 valence electrons. The number of phenols is 1. The maximum Gasteiger partial charge on any atom is 0.226 e. The van der Waals surface area contributed by atoms with Crippen molar-refractivity contribution in [2.45, 2.75) is 13.0 Å². The van der Waals surface area contributed by atoms with Crippen molar-refractivity contribution in [2.24, 2.45) is 0 Å². The Kier molecular flexibility index (Phi) is 9.65. The Hall–Kier alpha value is -4.32. The molecule has 1 amide bonds. The molecular formula is C31H34ClFN8O2. The molecule has 2 aromatic heterocycles. The first kappa shape index (κ1) is 30.1. The minimum Gasteiger partial charge on any atom is -0.508 e. The van der Waals surface area contributed by atoms with Crippen LogP contribution in [0.4, 0.5) is 27.4 Å². The molecule has 3 heterocycles. The number of nitrogens with one attached hydrogen (secondary N) is 2. The van der Waals surface area contributed by atoms with Gasteiger partial charge in [-0.05, 0) is 55.1 Å². The van der Waals surface area contributed by atoms with E-state index >= 15 is 0 Å². The van der Waals surface area contributed by atoms with Gasteiger partial charge >= 0.3 is 0 Å². The molecule has 5 rings (SSSR count).